The highest BCUT2D eigenvalue weighted by Crippen LogP contribution is 2.33. The summed E-state index contributed by atoms with van der Waals surface area (Å²) in [6, 6.07) is 5.96. The molecule has 0 atom stereocenters. The third kappa shape index (κ3) is 5.16. The van der Waals surface area contributed by atoms with Crippen LogP contribution in [0.4, 0.5) is 13.2 Å². The van der Waals surface area contributed by atoms with Crippen molar-refractivity contribution in [1.29, 1.82) is 0 Å². The predicted molar refractivity (Wildman–Crippen MR) is 111 cm³/mol. The normalized spacial score (nSPS) is 15.0. The van der Waals surface area contributed by atoms with E-state index in [4.69, 9.17) is 0 Å². The first-order chi connectivity index (χ1) is 15.1. The third-order valence-electron chi connectivity index (χ3n) is 5.15. The molecule has 1 aliphatic heterocycles. The fourth-order valence-corrected chi connectivity index (χ4v) is 3.55. The van der Waals surface area contributed by atoms with Crippen LogP contribution >= 0.6 is 0 Å². The number of halogens is 3. The monoisotopic (exact) mass is 451 g/mol. The second kappa shape index (κ2) is 9.51. The number of carbonyl (C=O) groups is 2. The van der Waals surface area contributed by atoms with E-state index in [2.05, 4.69) is 10.4 Å². The molecule has 8 nitrogen and oxygen atoms in total. The van der Waals surface area contributed by atoms with Crippen molar-refractivity contribution in [3.63, 3.8) is 0 Å². The number of hydrogen-bond donors (Lipinski definition) is 1. The van der Waals surface area contributed by atoms with Gasteiger partial charge in [-0.05, 0) is 26.0 Å². The molecule has 2 aromatic rings. The topological polar surface area (TPSA) is 87.5 Å². The number of nitrogens with one attached hydrogen (secondary N) is 1. The van der Waals surface area contributed by atoms with E-state index in [0.717, 1.165) is 16.8 Å². The van der Waals surface area contributed by atoms with Crippen LogP contribution in [0.1, 0.15) is 28.7 Å². The maximum Gasteiger partial charge on any atom is 0.418 e. The van der Waals surface area contributed by atoms with E-state index in [1.54, 1.807) is 0 Å². The van der Waals surface area contributed by atoms with Gasteiger partial charge in [0.2, 0.25) is 11.3 Å². The lowest BCUT2D eigenvalue weighted by Gasteiger charge is -2.34. The molecule has 0 radical (unpaired) electrons. The van der Waals surface area contributed by atoms with Crippen LogP contribution in [0.3, 0.4) is 0 Å². The summed E-state index contributed by atoms with van der Waals surface area (Å²) in [7, 11) is 0. The summed E-state index contributed by atoms with van der Waals surface area (Å²) in [6.07, 6.45) is -4.63. The molecule has 0 spiro atoms. The highest BCUT2D eigenvalue weighted by Gasteiger charge is 2.34. The maximum absolute atomic E-state index is 13.5. The molecule has 1 aromatic carbocycles. The van der Waals surface area contributed by atoms with Gasteiger partial charge in [-0.15, -0.1) is 0 Å². The van der Waals surface area contributed by atoms with Gasteiger partial charge in [-0.25, -0.2) is 4.68 Å². The van der Waals surface area contributed by atoms with Gasteiger partial charge >= 0.3 is 6.18 Å². The standard InChI is InChI=1S/C21H24F3N5O3/c1-3-25-18(31)13-27-8-10-28(11-9-27)20(32)19-17(30)12-14(2)29(26-19)16-7-5-4-6-15(16)21(22,23)24/h4-7,12H,3,8-11,13H2,1-2H3,(H,25,31). The van der Waals surface area contributed by atoms with E-state index in [1.807, 2.05) is 11.8 Å². The number of nitrogens with zero attached hydrogens (tertiary/aromatic N) is 4. The number of alkyl halides is 3. The second-order valence-electron chi connectivity index (χ2n) is 7.45. The Labute approximate surface area is 182 Å². The Morgan fingerprint density at radius 1 is 1.12 bits per heavy atom. The van der Waals surface area contributed by atoms with Crippen LogP contribution in [0.25, 0.3) is 5.69 Å². The minimum absolute atomic E-state index is 0.112. The highest BCUT2D eigenvalue weighted by atomic mass is 19.4. The minimum Gasteiger partial charge on any atom is -0.355 e. The smallest absolute Gasteiger partial charge is 0.355 e. The number of piperazine rings is 1. The maximum atomic E-state index is 13.5. The average Bonchev–Trinajstić information content (AvgIpc) is 2.73. The van der Waals surface area contributed by atoms with Crippen LogP contribution in [-0.4, -0.2) is 70.7 Å². The number of likely N-dealkylation sites (N-methyl/N-ethyl adjacent to an activating group) is 1. The molecule has 1 fully saturated rings. The lowest BCUT2D eigenvalue weighted by atomic mass is 10.1. The van der Waals surface area contributed by atoms with E-state index in [1.165, 1.54) is 30.0 Å². The summed E-state index contributed by atoms with van der Waals surface area (Å²) in [5, 5.41) is 6.73. The van der Waals surface area contributed by atoms with Crippen LogP contribution in [0.5, 0.6) is 0 Å². The van der Waals surface area contributed by atoms with Crippen LogP contribution in [0.15, 0.2) is 35.1 Å². The number of aromatic nitrogens is 2. The van der Waals surface area contributed by atoms with E-state index in [0.29, 0.717) is 19.6 Å². The number of rotatable bonds is 5. The minimum atomic E-state index is -4.63. The van der Waals surface area contributed by atoms with Crippen LogP contribution in [0, 0.1) is 6.92 Å². The van der Waals surface area contributed by atoms with Gasteiger partial charge < -0.3 is 10.2 Å². The zero-order valence-electron chi connectivity index (χ0n) is 17.8. The lowest BCUT2D eigenvalue weighted by Crippen LogP contribution is -2.52. The summed E-state index contributed by atoms with van der Waals surface area (Å²) >= 11 is 0. The first kappa shape index (κ1) is 23.5. The Morgan fingerprint density at radius 2 is 1.78 bits per heavy atom. The van der Waals surface area contributed by atoms with E-state index in [-0.39, 0.29) is 36.9 Å². The van der Waals surface area contributed by atoms with Crippen molar-refractivity contribution < 1.29 is 22.8 Å². The van der Waals surface area contributed by atoms with E-state index >= 15 is 0 Å². The lowest BCUT2D eigenvalue weighted by molar-refractivity contribution is -0.137. The summed E-state index contributed by atoms with van der Waals surface area (Å²) in [5.41, 5.74) is -2.10. The van der Waals surface area contributed by atoms with Crippen molar-refractivity contribution in [2.45, 2.75) is 20.0 Å². The molecule has 11 heteroatoms. The Balaban J connectivity index is 1.84. The molecule has 1 aromatic heterocycles. The Bertz CT molecular complexity index is 1060. The molecule has 0 bridgehead atoms. The number of carbonyl (C=O) groups excluding carboxylic acids is 2. The Morgan fingerprint density at radius 3 is 2.41 bits per heavy atom. The molecule has 0 saturated carbocycles. The number of amides is 2. The first-order valence-corrected chi connectivity index (χ1v) is 10.2. The molecule has 1 aliphatic rings. The molecule has 2 amide bonds. The van der Waals surface area contributed by atoms with Gasteiger partial charge in [-0.2, -0.15) is 18.3 Å². The fourth-order valence-electron chi connectivity index (χ4n) is 3.55. The van der Waals surface area contributed by atoms with Crippen LogP contribution in [-0.2, 0) is 11.0 Å². The van der Waals surface area contributed by atoms with Crippen molar-refractivity contribution in [2.75, 3.05) is 39.3 Å². The molecule has 1 N–H and O–H groups in total. The van der Waals surface area contributed by atoms with Gasteiger partial charge in [-0.1, -0.05) is 12.1 Å². The first-order valence-electron chi connectivity index (χ1n) is 10.2. The molecule has 32 heavy (non-hydrogen) atoms. The summed E-state index contributed by atoms with van der Waals surface area (Å²) in [5.74, 6) is -0.760. The van der Waals surface area contributed by atoms with Gasteiger partial charge in [0, 0.05) is 44.5 Å². The van der Waals surface area contributed by atoms with Crippen molar-refractivity contribution in [1.82, 2.24) is 24.9 Å². The molecule has 1 saturated heterocycles. The quantitative estimate of drug-likeness (QED) is 0.744. The number of benzene rings is 1. The largest absolute Gasteiger partial charge is 0.418 e. The number of aryl methyl sites for hydroxylation is 1. The Kier molecular flexibility index (Phi) is 6.97. The molecule has 0 unspecified atom stereocenters. The van der Waals surface area contributed by atoms with Crippen molar-refractivity contribution >= 4 is 11.8 Å². The molecule has 2 heterocycles. The van der Waals surface area contributed by atoms with E-state index < -0.39 is 28.8 Å². The number of para-hydroxylation sites is 1. The predicted octanol–water partition coefficient (Wildman–Crippen LogP) is 1.45. The van der Waals surface area contributed by atoms with Crippen molar-refractivity contribution in [2.24, 2.45) is 0 Å². The molecule has 0 aliphatic carbocycles. The second-order valence-corrected chi connectivity index (χ2v) is 7.45. The summed E-state index contributed by atoms with van der Waals surface area (Å²) < 4.78 is 41.4. The zero-order valence-corrected chi connectivity index (χ0v) is 17.8. The SMILES string of the molecule is CCNC(=O)CN1CCN(C(=O)c2nn(-c3ccccc3C(F)(F)F)c(C)cc2=O)CC1. The van der Waals surface area contributed by atoms with Gasteiger partial charge in [0.1, 0.15) is 0 Å². The van der Waals surface area contributed by atoms with Gasteiger partial charge in [0.05, 0.1) is 17.8 Å². The van der Waals surface area contributed by atoms with E-state index in [9.17, 15) is 27.6 Å². The molecular weight excluding hydrogens is 427 g/mol. The third-order valence-corrected chi connectivity index (χ3v) is 5.15. The van der Waals surface area contributed by atoms with Gasteiger partial charge in [0.15, 0.2) is 5.69 Å². The Hall–Kier alpha value is -3.21. The number of hydrogen-bond acceptors (Lipinski definition) is 5. The molecule has 3 rings (SSSR count). The molecular formula is C21H24F3N5O3. The summed E-state index contributed by atoms with van der Waals surface area (Å²) in [4.78, 5) is 40.5. The highest BCUT2D eigenvalue weighted by molar-refractivity contribution is 5.92. The van der Waals surface area contributed by atoms with Crippen molar-refractivity contribution in [3.05, 3.63) is 57.5 Å². The average molecular weight is 451 g/mol. The van der Waals surface area contributed by atoms with Crippen LogP contribution < -0.4 is 10.7 Å². The van der Waals surface area contributed by atoms with Crippen LogP contribution in [0.2, 0.25) is 0 Å². The van der Waals surface area contributed by atoms with Gasteiger partial charge in [0.25, 0.3) is 5.91 Å². The fraction of sp³-hybridized carbons (Fsp3) is 0.429. The van der Waals surface area contributed by atoms with Gasteiger partial charge in [-0.3, -0.25) is 19.3 Å². The molecule has 172 valence electrons. The van der Waals surface area contributed by atoms with Crippen molar-refractivity contribution in [3.8, 4) is 5.69 Å². The summed E-state index contributed by atoms with van der Waals surface area (Å²) in [6.45, 7) is 5.41. The zero-order chi connectivity index (χ0) is 23.5.